The summed E-state index contributed by atoms with van der Waals surface area (Å²) in [5.41, 5.74) is -1.58. The predicted molar refractivity (Wildman–Crippen MR) is 116 cm³/mol. The van der Waals surface area contributed by atoms with E-state index in [-0.39, 0.29) is 34.0 Å². The predicted octanol–water partition coefficient (Wildman–Crippen LogP) is 5.42. The monoisotopic (exact) mass is 504 g/mol. The number of carbonyl (C=O) groups is 3. The number of non-ortho nitro benzene ring substituents is 1. The third kappa shape index (κ3) is 4.58. The molecule has 1 aliphatic heterocycles. The maximum absolute atomic E-state index is 13.1. The molecule has 1 heterocycles. The molecule has 2 amide bonds. The summed E-state index contributed by atoms with van der Waals surface area (Å²) in [6, 6.07) is 11.1. The second kappa shape index (κ2) is 8.84. The molecule has 3 aromatic rings. The standard InChI is InChI=1S/C23H12ClF3N2O6/c24-18-8-4-14(23(25,26)27)10-19(18)28-20(30)16-7-3-13(9-17(16)21(28)31)22(32)35-11-12-1-5-15(6-2-12)29(33)34/h1-10H,11H2. The van der Waals surface area contributed by atoms with Crippen molar-refractivity contribution in [1.29, 1.82) is 0 Å². The van der Waals surface area contributed by atoms with E-state index < -0.39 is 40.1 Å². The van der Waals surface area contributed by atoms with Gasteiger partial charge in [-0.15, -0.1) is 0 Å². The van der Waals surface area contributed by atoms with Gasteiger partial charge in [-0.1, -0.05) is 11.6 Å². The van der Waals surface area contributed by atoms with Crippen molar-refractivity contribution in [1.82, 2.24) is 0 Å². The van der Waals surface area contributed by atoms with Gasteiger partial charge in [-0.3, -0.25) is 19.7 Å². The van der Waals surface area contributed by atoms with Crippen LogP contribution in [0.4, 0.5) is 24.5 Å². The first-order valence-corrected chi connectivity index (χ1v) is 10.1. The Kier molecular flexibility index (Phi) is 6.03. The van der Waals surface area contributed by atoms with Crippen LogP contribution in [-0.4, -0.2) is 22.7 Å². The van der Waals surface area contributed by atoms with E-state index in [1.807, 2.05) is 0 Å². The van der Waals surface area contributed by atoms with Gasteiger partial charge in [0.05, 0.1) is 37.9 Å². The van der Waals surface area contributed by atoms with E-state index in [0.29, 0.717) is 16.5 Å². The summed E-state index contributed by atoms with van der Waals surface area (Å²) in [6.07, 6.45) is -4.72. The van der Waals surface area contributed by atoms with E-state index >= 15 is 0 Å². The van der Waals surface area contributed by atoms with Crippen molar-refractivity contribution in [3.05, 3.63) is 104 Å². The van der Waals surface area contributed by atoms with Gasteiger partial charge >= 0.3 is 12.1 Å². The number of amides is 2. The first kappa shape index (κ1) is 23.9. The van der Waals surface area contributed by atoms with Crippen LogP contribution in [0.5, 0.6) is 0 Å². The van der Waals surface area contributed by atoms with Crippen LogP contribution in [0, 0.1) is 10.1 Å². The molecular weight excluding hydrogens is 493 g/mol. The molecule has 3 aromatic carbocycles. The molecule has 35 heavy (non-hydrogen) atoms. The first-order chi connectivity index (χ1) is 16.5. The molecule has 0 aromatic heterocycles. The van der Waals surface area contributed by atoms with Crippen molar-refractivity contribution in [2.24, 2.45) is 0 Å². The Balaban J connectivity index is 1.56. The minimum absolute atomic E-state index is 0.0798. The molecule has 0 aliphatic carbocycles. The number of imide groups is 1. The van der Waals surface area contributed by atoms with E-state index in [2.05, 4.69) is 0 Å². The smallest absolute Gasteiger partial charge is 0.416 e. The number of anilines is 1. The largest absolute Gasteiger partial charge is 0.457 e. The van der Waals surface area contributed by atoms with Crippen LogP contribution in [0.3, 0.4) is 0 Å². The third-order valence-electron chi connectivity index (χ3n) is 5.15. The molecule has 0 bridgehead atoms. The van der Waals surface area contributed by atoms with Crippen molar-refractivity contribution < 1.29 is 37.2 Å². The number of nitrogens with zero attached hydrogens (tertiary/aromatic N) is 2. The van der Waals surface area contributed by atoms with E-state index in [4.69, 9.17) is 16.3 Å². The number of carbonyl (C=O) groups excluding carboxylic acids is 3. The molecular formula is C23H12ClF3N2O6. The van der Waals surface area contributed by atoms with Gasteiger partial charge in [0.25, 0.3) is 17.5 Å². The average Bonchev–Trinajstić information content (AvgIpc) is 3.06. The highest BCUT2D eigenvalue weighted by Crippen LogP contribution is 2.38. The van der Waals surface area contributed by atoms with Crippen molar-refractivity contribution in [3.8, 4) is 0 Å². The molecule has 0 fully saturated rings. The quantitative estimate of drug-likeness (QED) is 0.199. The molecule has 0 spiro atoms. The Bertz CT molecular complexity index is 1390. The van der Waals surface area contributed by atoms with E-state index in [0.717, 1.165) is 18.2 Å². The van der Waals surface area contributed by atoms with Crippen molar-refractivity contribution in [2.45, 2.75) is 12.8 Å². The Morgan fingerprint density at radius 2 is 1.63 bits per heavy atom. The van der Waals surface area contributed by atoms with Crippen LogP contribution in [0.1, 0.15) is 42.2 Å². The van der Waals surface area contributed by atoms with Crippen LogP contribution >= 0.6 is 11.6 Å². The van der Waals surface area contributed by atoms with Gasteiger partial charge in [-0.25, -0.2) is 9.69 Å². The average molecular weight is 505 g/mol. The van der Waals surface area contributed by atoms with Gasteiger partial charge in [0, 0.05) is 12.1 Å². The summed E-state index contributed by atoms with van der Waals surface area (Å²) < 4.78 is 44.5. The number of hydrogen-bond donors (Lipinski definition) is 0. The fraction of sp³-hybridized carbons (Fsp3) is 0.0870. The van der Waals surface area contributed by atoms with E-state index in [9.17, 15) is 37.7 Å². The van der Waals surface area contributed by atoms with Crippen molar-refractivity contribution in [2.75, 3.05) is 4.90 Å². The third-order valence-corrected chi connectivity index (χ3v) is 5.47. The SMILES string of the molecule is O=C(OCc1ccc([N+](=O)[O-])cc1)c1ccc2c(c1)C(=O)N(c1cc(C(F)(F)F)ccc1Cl)C2=O. The zero-order chi connectivity index (χ0) is 25.5. The maximum atomic E-state index is 13.1. The molecule has 0 atom stereocenters. The van der Waals surface area contributed by atoms with Gasteiger partial charge in [0.2, 0.25) is 0 Å². The number of fused-ring (bicyclic) bond motifs is 1. The minimum Gasteiger partial charge on any atom is -0.457 e. The topological polar surface area (TPSA) is 107 Å². The second-order valence-corrected chi connectivity index (χ2v) is 7.78. The van der Waals surface area contributed by atoms with Crippen molar-refractivity contribution >= 4 is 40.8 Å². The Morgan fingerprint density at radius 1 is 0.971 bits per heavy atom. The van der Waals surface area contributed by atoms with Crippen molar-refractivity contribution in [3.63, 3.8) is 0 Å². The van der Waals surface area contributed by atoms with E-state index in [1.54, 1.807) is 0 Å². The van der Waals surface area contributed by atoms with Crippen LogP contribution in [-0.2, 0) is 17.5 Å². The van der Waals surface area contributed by atoms with Crippen LogP contribution < -0.4 is 4.90 Å². The van der Waals surface area contributed by atoms with E-state index in [1.165, 1.54) is 36.4 Å². The maximum Gasteiger partial charge on any atom is 0.416 e. The number of nitro groups is 1. The van der Waals surface area contributed by atoms with Gasteiger partial charge in [0.15, 0.2) is 0 Å². The molecule has 12 heteroatoms. The summed E-state index contributed by atoms with van der Waals surface area (Å²) in [5, 5.41) is 10.5. The molecule has 8 nitrogen and oxygen atoms in total. The highest BCUT2D eigenvalue weighted by Gasteiger charge is 2.40. The highest BCUT2D eigenvalue weighted by atomic mass is 35.5. The Morgan fingerprint density at radius 3 is 2.26 bits per heavy atom. The normalized spacial score (nSPS) is 13.1. The summed E-state index contributed by atoms with van der Waals surface area (Å²) in [4.78, 5) is 48.8. The molecule has 178 valence electrons. The second-order valence-electron chi connectivity index (χ2n) is 7.37. The van der Waals surface area contributed by atoms with Crippen LogP contribution in [0.15, 0.2) is 60.7 Å². The summed E-state index contributed by atoms with van der Waals surface area (Å²) in [7, 11) is 0. The van der Waals surface area contributed by atoms with Gasteiger partial charge < -0.3 is 4.74 Å². The highest BCUT2D eigenvalue weighted by molar-refractivity contribution is 6.40. The number of benzene rings is 3. The number of hydrogen-bond acceptors (Lipinski definition) is 6. The lowest BCUT2D eigenvalue weighted by Gasteiger charge is -2.17. The number of halogens is 4. The van der Waals surface area contributed by atoms with Gasteiger partial charge in [-0.05, 0) is 54.1 Å². The molecule has 0 saturated carbocycles. The number of ether oxygens (including phenoxy) is 1. The Labute approximate surface area is 199 Å². The van der Waals surface area contributed by atoms with Crippen LogP contribution in [0.25, 0.3) is 0 Å². The first-order valence-electron chi connectivity index (χ1n) is 9.77. The van der Waals surface area contributed by atoms with Gasteiger partial charge in [-0.2, -0.15) is 13.2 Å². The fourth-order valence-electron chi connectivity index (χ4n) is 3.39. The lowest BCUT2D eigenvalue weighted by molar-refractivity contribution is -0.384. The van der Waals surface area contributed by atoms with Gasteiger partial charge in [0.1, 0.15) is 6.61 Å². The molecule has 0 N–H and O–H groups in total. The zero-order valence-electron chi connectivity index (χ0n) is 17.3. The lowest BCUT2D eigenvalue weighted by atomic mass is 10.1. The summed E-state index contributed by atoms with van der Waals surface area (Å²) in [5.74, 6) is -2.68. The molecule has 0 radical (unpaired) electrons. The minimum atomic E-state index is -4.72. The number of esters is 1. The summed E-state index contributed by atoms with van der Waals surface area (Å²) >= 11 is 5.98. The molecule has 1 aliphatic rings. The lowest BCUT2D eigenvalue weighted by Crippen LogP contribution is -2.30. The Hall–Kier alpha value is -4.25. The van der Waals surface area contributed by atoms with Crippen LogP contribution in [0.2, 0.25) is 5.02 Å². The molecule has 4 rings (SSSR count). The molecule has 0 unspecified atom stereocenters. The zero-order valence-corrected chi connectivity index (χ0v) is 18.1. The summed E-state index contributed by atoms with van der Waals surface area (Å²) in [6.45, 7) is -0.216. The number of alkyl halides is 3. The number of nitro benzene ring substituents is 1. The number of rotatable bonds is 5. The molecule has 0 saturated heterocycles. The fourth-order valence-corrected chi connectivity index (χ4v) is 3.60.